The Labute approximate surface area is 112 Å². The van der Waals surface area contributed by atoms with Crippen molar-refractivity contribution in [3.05, 3.63) is 0 Å². The lowest BCUT2D eigenvalue weighted by atomic mass is 10.4. The highest BCUT2D eigenvalue weighted by atomic mass is 35.5. The van der Waals surface area contributed by atoms with E-state index in [9.17, 15) is 13.0 Å². The lowest BCUT2D eigenvalue weighted by Crippen LogP contribution is -2.37. The van der Waals surface area contributed by atoms with E-state index in [1.54, 1.807) is 4.67 Å². The quantitative estimate of drug-likeness (QED) is 0.318. The SMILES string of the molecule is CS(=O)(=O)OCCN[P@]1(=O)OCCCN1CCCl. The van der Waals surface area contributed by atoms with Crippen molar-refractivity contribution in [3.8, 4) is 0 Å². The van der Waals surface area contributed by atoms with Crippen LogP contribution in [0.15, 0.2) is 0 Å². The summed E-state index contributed by atoms with van der Waals surface area (Å²) in [4.78, 5) is 0. The summed E-state index contributed by atoms with van der Waals surface area (Å²) < 4.78 is 45.4. The molecule has 0 aliphatic carbocycles. The minimum absolute atomic E-state index is 0.0824. The van der Waals surface area contributed by atoms with Gasteiger partial charge in [0.25, 0.3) is 10.1 Å². The number of hydrogen-bond donors (Lipinski definition) is 1. The Kier molecular flexibility index (Phi) is 6.54. The number of hydrogen-bond acceptors (Lipinski definition) is 5. The van der Waals surface area contributed by atoms with Crippen LogP contribution in [-0.2, 0) is 23.4 Å². The Balaban J connectivity index is 2.43. The van der Waals surface area contributed by atoms with Gasteiger partial charge in [-0.05, 0) is 6.42 Å². The second-order valence-electron chi connectivity index (χ2n) is 3.78. The van der Waals surface area contributed by atoms with Crippen molar-refractivity contribution in [1.82, 2.24) is 9.76 Å². The van der Waals surface area contributed by atoms with E-state index >= 15 is 0 Å². The van der Waals surface area contributed by atoms with Crippen molar-refractivity contribution >= 4 is 29.4 Å². The van der Waals surface area contributed by atoms with Gasteiger partial charge in [-0.25, -0.2) is 9.76 Å². The van der Waals surface area contributed by atoms with Gasteiger partial charge >= 0.3 is 7.67 Å². The van der Waals surface area contributed by atoms with Crippen LogP contribution in [0.3, 0.4) is 0 Å². The monoisotopic (exact) mass is 320 g/mol. The van der Waals surface area contributed by atoms with Crippen molar-refractivity contribution in [2.75, 3.05) is 45.0 Å². The zero-order valence-corrected chi connectivity index (χ0v) is 12.6. The lowest BCUT2D eigenvalue weighted by Gasteiger charge is -2.34. The second kappa shape index (κ2) is 7.19. The van der Waals surface area contributed by atoms with E-state index in [0.29, 0.717) is 25.6 Å². The van der Waals surface area contributed by atoms with Gasteiger partial charge in [-0.15, -0.1) is 11.6 Å². The highest BCUT2D eigenvalue weighted by Gasteiger charge is 2.33. The molecule has 1 aliphatic rings. The van der Waals surface area contributed by atoms with Gasteiger partial charge in [-0.1, -0.05) is 0 Å². The molecule has 1 N–H and O–H groups in total. The number of nitrogens with one attached hydrogen (secondary N) is 1. The van der Waals surface area contributed by atoms with E-state index in [2.05, 4.69) is 9.27 Å². The molecule has 1 atom stereocenters. The minimum atomic E-state index is -3.48. The summed E-state index contributed by atoms with van der Waals surface area (Å²) in [5, 5.41) is 2.72. The summed E-state index contributed by atoms with van der Waals surface area (Å²) >= 11 is 5.63. The molecule has 0 amide bonds. The van der Waals surface area contributed by atoms with Crippen molar-refractivity contribution in [1.29, 1.82) is 0 Å². The molecule has 1 aliphatic heterocycles. The fraction of sp³-hybridized carbons (Fsp3) is 1.00. The van der Waals surface area contributed by atoms with E-state index in [0.717, 1.165) is 12.7 Å². The van der Waals surface area contributed by atoms with Crippen LogP contribution in [0.2, 0.25) is 0 Å². The van der Waals surface area contributed by atoms with Crippen LogP contribution in [0.1, 0.15) is 6.42 Å². The number of halogens is 1. The van der Waals surface area contributed by atoms with Crippen molar-refractivity contribution in [3.63, 3.8) is 0 Å². The molecule has 18 heavy (non-hydrogen) atoms. The Morgan fingerprint density at radius 2 is 2.28 bits per heavy atom. The number of alkyl halides is 1. The summed E-state index contributed by atoms with van der Waals surface area (Å²) in [6.07, 6.45) is 1.76. The molecule has 0 unspecified atom stereocenters. The molecule has 0 radical (unpaired) electrons. The Bertz CT molecular complexity index is 402. The molecule has 0 aromatic carbocycles. The summed E-state index contributed by atoms with van der Waals surface area (Å²) in [6, 6.07) is 0. The number of rotatable bonds is 7. The molecule has 1 fully saturated rings. The van der Waals surface area contributed by atoms with E-state index in [4.69, 9.17) is 16.1 Å². The predicted molar refractivity (Wildman–Crippen MR) is 69.3 cm³/mol. The third-order valence-electron chi connectivity index (χ3n) is 2.25. The second-order valence-corrected chi connectivity index (χ2v) is 7.99. The average molecular weight is 321 g/mol. The first-order valence-corrected chi connectivity index (χ1v) is 9.46. The fourth-order valence-electron chi connectivity index (χ4n) is 1.52. The van der Waals surface area contributed by atoms with Gasteiger partial charge in [0.15, 0.2) is 0 Å². The molecule has 1 heterocycles. The Morgan fingerprint density at radius 3 is 2.89 bits per heavy atom. The van der Waals surface area contributed by atoms with Crippen LogP contribution < -0.4 is 5.09 Å². The van der Waals surface area contributed by atoms with Crippen molar-refractivity contribution in [2.45, 2.75) is 6.42 Å². The molecule has 108 valence electrons. The molecule has 7 nitrogen and oxygen atoms in total. The first kappa shape index (κ1) is 16.4. The molecule has 10 heteroatoms. The first-order valence-electron chi connectivity index (χ1n) is 5.53. The largest absolute Gasteiger partial charge is 0.343 e. The Hall–Kier alpha value is 0.310. The van der Waals surface area contributed by atoms with Gasteiger partial charge < -0.3 is 4.52 Å². The van der Waals surface area contributed by atoms with Gasteiger partial charge in [0.2, 0.25) is 0 Å². The molecule has 0 aromatic rings. The minimum Gasteiger partial charge on any atom is -0.306 e. The van der Waals surface area contributed by atoms with Crippen LogP contribution >= 0.6 is 19.3 Å². The molecule has 0 saturated carbocycles. The molecule has 1 saturated heterocycles. The number of nitrogens with zero attached hydrogens (tertiary/aromatic N) is 1. The van der Waals surface area contributed by atoms with Crippen LogP contribution in [-0.4, -0.2) is 58.1 Å². The smallest absolute Gasteiger partial charge is 0.306 e. The maximum Gasteiger partial charge on any atom is 0.343 e. The van der Waals surface area contributed by atoms with Gasteiger partial charge in [0.05, 0.1) is 19.5 Å². The highest BCUT2D eigenvalue weighted by molar-refractivity contribution is 7.85. The first-order chi connectivity index (χ1) is 8.37. The maximum atomic E-state index is 12.4. The van der Waals surface area contributed by atoms with Gasteiger partial charge in [-0.3, -0.25) is 8.75 Å². The fourth-order valence-corrected chi connectivity index (χ4v) is 4.20. The van der Waals surface area contributed by atoms with Crippen LogP contribution in [0.4, 0.5) is 0 Å². The van der Waals surface area contributed by atoms with Gasteiger partial charge in [0.1, 0.15) is 0 Å². The standard InChI is InChI=1S/C8H18ClN2O5PS/c1-18(13,14)16-8-4-10-17(12)11(6-3-9)5-2-7-15-17/h2-8H2,1H3,(H,10,12)/t17-/m0/s1. The van der Waals surface area contributed by atoms with Crippen LogP contribution in [0.5, 0.6) is 0 Å². The van der Waals surface area contributed by atoms with E-state index in [1.165, 1.54) is 0 Å². The van der Waals surface area contributed by atoms with Crippen molar-refractivity contribution in [2.24, 2.45) is 0 Å². The topological polar surface area (TPSA) is 84.9 Å². The summed E-state index contributed by atoms with van der Waals surface area (Å²) in [7, 11) is -6.57. The third-order valence-corrected chi connectivity index (χ3v) is 5.32. The summed E-state index contributed by atoms with van der Waals surface area (Å²) in [5.74, 6) is 0.356. The Morgan fingerprint density at radius 1 is 1.56 bits per heavy atom. The van der Waals surface area contributed by atoms with E-state index < -0.39 is 17.8 Å². The average Bonchev–Trinajstić information content (AvgIpc) is 2.27. The molecular weight excluding hydrogens is 303 g/mol. The molecule has 1 rings (SSSR count). The maximum absolute atomic E-state index is 12.4. The van der Waals surface area contributed by atoms with Crippen molar-refractivity contribution < 1.29 is 21.7 Å². The predicted octanol–water partition coefficient (Wildman–Crippen LogP) is 0.621. The zero-order valence-electron chi connectivity index (χ0n) is 10.2. The zero-order chi connectivity index (χ0) is 13.6. The van der Waals surface area contributed by atoms with E-state index in [1.807, 2.05) is 0 Å². The normalized spacial score (nSPS) is 26.3. The van der Waals surface area contributed by atoms with Gasteiger partial charge in [-0.2, -0.15) is 8.42 Å². The molecule has 0 bridgehead atoms. The molecule has 0 aromatic heterocycles. The molecular formula is C8H18ClN2O5PS. The summed E-state index contributed by atoms with van der Waals surface area (Å²) in [6.45, 7) is 1.56. The van der Waals surface area contributed by atoms with E-state index in [-0.39, 0.29) is 13.2 Å². The van der Waals surface area contributed by atoms with Gasteiger partial charge in [0, 0.05) is 25.5 Å². The van der Waals surface area contributed by atoms with Crippen LogP contribution in [0.25, 0.3) is 0 Å². The molecule has 0 spiro atoms. The lowest BCUT2D eigenvalue weighted by molar-refractivity contribution is 0.200. The summed E-state index contributed by atoms with van der Waals surface area (Å²) in [5.41, 5.74) is 0. The van der Waals surface area contributed by atoms with Crippen LogP contribution in [0, 0.1) is 0 Å². The highest BCUT2D eigenvalue weighted by Crippen LogP contribution is 2.48. The third kappa shape index (κ3) is 5.52.